The van der Waals surface area contributed by atoms with Crippen molar-refractivity contribution in [2.75, 3.05) is 7.11 Å². The van der Waals surface area contributed by atoms with Gasteiger partial charge in [0.1, 0.15) is 23.1 Å². The number of nitrogens with zero attached hydrogens (tertiary/aromatic N) is 4. The number of ether oxygens (including phenoxy) is 2. The van der Waals surface area contributed by atoms with Crippen LogP contribution in [0.1, 0.15) is 94.7 Å². The molecule has 1 unspecified atom stereocenters. The minimum Gasteiger partial charge on any atom is -0.497 e. The smallest absolute Gasteiger partial charge is 0.141 e. The molecular formula is C42H46N4O2. The Bertz CT molecular complexity index is 2170. The zero-order valence-electron chi connectivity index (χ0n) is 29.4. The maximum absolute atomic E-state index is 6.69. The van der Waals surface area contributed by atoms with Gasteiger partial charge in [0.15, 0.2) is 0 Å². The van der Waals surface area contributed by atoms with Crippen LogP contribution in [0.2, 0.25) is 0 Å². The predicted molar refractivity (Wildman–Crippen MR) is 197 cm³/mol. The van der Waals surface area contributed by atoms with Crippen molar-refractivity contribution in [1.82, 2.24) is 19.3 Å². The fourth-order valence-corrected chi connectivity index (χ4v) is 7.74. The fraction of sp³-hybridized carbons (Fsp3) is 0.333. The molecule has 3 aromatic carbocycles. The Labute approximate surface area is 284 Å². The van der Waals surface area contributed by atoms with Crippen LogP contribution < -0.4 is 9.47 Å². The highest BCUT2D eigenvalue weighted by Gasteiger charge is 2.33. The van der Waals surface area contributed by atoms with Gasteiger partial charge in [-0.15, -0.1) is 0 Å². The van der Waals surface area contributed by atoms with E-state index in [0.717, 1.165) is 62.5 Å². The Hall–Kier alpha value is -4.84. The second-order valence-corrected chi connectivity index (χ2v) is 14.1. The Morgan fingerprint density at radius 3 is 2.35 bits per heavy atom. The van der Waals surface area contributed by atoms with Crippen molar-refractivity contribution >= 4 is 21.8 Å². The second-order valence-electron chi connectivity index (χ2n) is 14.1. The van der Waals surface area contributed by atoms with Gasteiger partial charge in [0.25, 0.3) is 0 Å². The molecule has 0 aliphatic heterocycles. The number of allylic oxidation sites excluding steroid dienone is 2. The predicted octanol–water partition coefficient (Wildman–Crippen LogP) is 11.2. The zero-order chi connectivity index (χ0) is 33.7. The lowest BCUT2D eigenvalue weighted by Crippen LogP contribution is -2.18. The van der Waals surface area contributed by atoms with E-state index in [0.29, 0.717) is 23.7 Å². The van der Waals surface area contributed by atoms with E-state index in [1.807, 2.05) is 12.1 Å². The Kier molecular flexibility index (Phi) is 8.36. The molecule has 2 atom stereocenters. The molecule has 3 aromatic heterocycles. The first-order chi connectivity index (χ1) is 23.1. The van der Waals surface area contributed by atoms with E-state index < -0.39 is 0 Å². The molecule has 6 heteroatoms. The highest BCUT2D eigenvalue weighted by molar-refractivity contribution is 6.09. The van der Waals surface area contributed by atoms with Gasteiger partial charge in [-0.25, -0.2) is 9.67 Å². The van der Waals surface area contributed by atoms with E-state index in [1.165, 1.54) is 28.9 Å². The van der Waals surface area contributed by atoms with Gasteiger partial charge in [-0.3, -0.25) is 4.57 Å². The molecule has 0 amide bonds. The van der Waals surface area contributed by atoms with Crippen molar-refractivity contribution in [1.29, 1.82) is 0 Å². The molecule has 0 saturated carbocycles. The largest absolute Gasteiger partial charge is 0.497 e. The highest BCUT2D eigenvalue weighted by atomic mass is 16.5. The average Bonchev–Trinajstić information content (AvgIpc) is 3.61. The molecular weight excluding hydrogens is 592 g/mol. The molecule has 6 aromatic rings. The summed E-state index contributed by atoms with van der Waals surface area (Å²) < 4.78 is 16.6. The quantitative estimate of drug-likeness (QED) is 0.156. The molecule has 7 rings (SSSR count). The van der Waals surface area contributed by atoms with Crippen LogP contribution in [-0.2, 0) is 0 Å². The lowest BCUT2D eigenvalue weighted by Gasteiger charge is -2.31. The number of para-hydroxylation sites is 1. The first-order valence-electron chi connectivity index (χ1n) is 17.3. The Morgan fingerprint density at radius 2 is 1.60 bits per heavy atom. The van der Waals surface area contributed by atoms with Crippen LogP contribution in [0, 0.1) is 12.8 Å². The maximum Gasteiger partial charge on any atom is 0.141 e. The van der Waals surface area contributed by atoms with Gasteiger partial charge >= 0.3 is 0 Å². The standard InChI is InChI=1S/C42H46N4O2/c1-25(2)41-40(39-28(6)12-11-13-29(39)7)42(26(3)4)46(44-41)30-20-27(5)21-33(22-30)48-32-16-17-35-34-14-9-10-15-36(34)45(37(35)23-32)38-24-31(47-8)18-19-43-38/h9-10,12,14-26,29,39H,11,13H2,1-8H3/t29-,39?/m0/s1. The second kappa shape index (κ2) is 12.6. The topological polar surface area (TPSA) is 54.1 Å². The summed E-state index contributed by atoms with van der Waals surface area (Å²) >= 11 is 0. The SMILES string of the molecule is COc1ccnc(-n2c3ccccc3c3ccc(Oc4cc(C)cc(-n5nc(C(C)C)c(C6C(C)=CCC[C@@H]6C)c5C(C)C)c4)cc32)c1. The molecule has 0 N–H and O–H groups in total. The monoisotopic (exact) mass is 638 g/mol. The fourth-order valence-electron chi connectivity index (χ4n) is 7.74. The van der Waals surface area contributed by atoms with Crippen LogP contribution in [0.15, 0.2) is 90.6 Å². The van der Waals surface area contributed by atoms with Gasteiger partial charge < -0.3 is 9.47 Å². The molecule has 0 bridgehead atoms. The van der Waals surface area contributed by atoms with E-state index in [4.69, 9.17) is 19.6 Å². The van der Waals surface area contributed by atoms with Gasteiger partial charge in [0.2, 0.25) is 0 Å². The van der Waals surface area contributed by atoms with Gasteiger partial charge in [-0.05, 0) is 86.4 Å². The number of benzene rings is 3. The summed E-state index contributed by atoms with van der Waals surface area (Å²) in [6.45, 7) is 16.0. The summed E-state index contributed by atoms with van der Waals surface area (Å²) in [6.07, 6.45) is 6.59. The molecule has 48 heavy (non-hydrogen) atoms. The summed E-state index contributed by atoms with van der Waals surface area (Å²) in [4.78, 5) is 4.72. The molecule has 1 aliphatic carbocycles. The van der Waals surface area contributed by atoms with Crippen LogP contribution in [0.25, 0.3) is 33.3 Å². The average molecular weight is 639 g/mol. The van der Waals surface area contributed by atoms with Crippen LogP contribution in [-0.4, -0.2) is 26.4 Å². The summed E-state index contributed by atoms with van der Waals surface area (Å²) in [5.74, 6) is 4.70. The number of pyridine rings is 1. The summed E-state index contributed by atoms with van der Waals surface area (Å²) in [5, 5.41) is 7.67. The van der Waals surface area contributed by atoms with Crippen LogP contribution in [0.3, 0.4) is 0 Å². The molecule has 0 fully saturated rings. The van der Waals surface area contributed by atoms with E-state index in [9.17, 15) is 0 Å². The van der Waals surface area contributed by atoms with Crippen LogP contribution >= 0.6 is 0 Å². The molecule has 0 radical (unpaired) electrons. The van der Waals surface area contributed by atoms with E-state index in [2.05, 4.69) is 124 Å². The molecule has 3 heterocycles. The number of aryl methyl sites for hydroxylation is 1. The number of aromatic nitrogens is 4. The van der Waals surface area contributed by atoms with Gasteiger partial charge in [-0.2, -0.15) is 5.10 Å². The summed E-state index contributed by atoms with van der Waals surface area (Å²) in [7, 11) is 1.68. The lowest BCUT2D eigenvalue weighted by molar-refractivity contribution is 0.414. The Morgan fingerprint density at radius 1 is 0.812 bits per heavy atom. The van der Waals surface area contributed by atoms with Crippen molar-refractivity contribution in [3.8, 4) is 28.8 Å². The van der Waals surface area contributed by atoms with Crippen LogP contribution in [0.4, 0.5) is 0 Å². The molecule has 0 saturated heterocycles. The third-order valence-corrected chi connectivity index (χ3v) is 9.88. The van der Waals surface area contributed by atoms with Crippen molar-refractivity contribution in [3.05, 3.63) is 113 Å². The van der Waals surface area contributed by atoms with Gasteiger partial charge in [0.05, 0.1) is 35.2 Å². The number of hydrogen-bond acceptors (Lipinski definition) is 4. The molecule has 6 nitrogen and oxygen atoms in total. The number of rotatable bonds is 8. The third-order valence-electron chi connectivity index (χ3n) is 9.88. The van der Waals surface area contributed by atoms with Crippen molar-refractivity contribution in [2.24, 2.45) is 5.92 Å². The normalized spacial score (nSPS) is 16.7. The van der Waals surface area contributed by atoms with E-state index in [-0.39, 0.29) is 0 Å². The first kappa shape index (κ1) is 31.7. The molecule has 1 aliphatic rings. The third kappa shape index (κ3) is 5.57. The highest BCUT2D eigenvalue weighted by Crippen LogP contribution is 2.45. The zero-order valence-corrected chi connectivity index (χ0v) is 29.4. The minimum absolute atomic E-state index is 0.307. The summed E-state index contributed by atoms with van der Waals surface area (Å²) in [6, 6.07) is 25.0. The first-order valence-corrected chi connectivity index (χ1v) is 17.3. The minimum atomic E-state index is 0.307. The van der Waals surface area contributed by atoms with Gasteiger partial charge in [0, 0.05) is 46.6 Å². The van der Waals surface area contributed by atoms with Crippen molar-refractivity contribution < 1.29 is 9.47 Å². The number of methoxy groups -OCH3 is 1. The van der Waals surface area contributed by atoms with Gasteiger partial charge in [-0.1, -0.05) is 64.5 Å². The lowest BCUT2D eigenvalue weighted by atomic mass is 9.73. The summed E-state index contributed by atoms with van der Waals surface area (Å²) in [5.41, 5.74) is 9.67. The maximum atomic E-state index is 6.69. The number of fused-ring (bicyclic) bond motifs is 3. The van der Waals surface area contributed by atoms with E-state index >= 15 is 0 Å². The molecule has 246 valence electrons. The van der Waals surface area contributed by atoms with E-state index in [1.54, 1.807) is 13.3 Å². The van der Waals surface area contributed by atoms with Crippen molar-refractivity contribution in [3.63, 3.8) is 0 Å². The van der Waals surface area contributed by atoms with Crippen LogP contribution in [0.5, 0.6) is 17.2 Å². The Balaban J connectivity index is 1.34. The number of hydrogen-bond donors (Lipinski definition) is 0. The van der Waals surface area contributed by atoms with Crippen molar-refractivity contribution in [2.45, 2.75) is 79.1 Å². The molecule has 0 spiro atoms.